The molecule has 0 bridgehead atoms. The third-order valence-electron chi connectivity index (χ3n) is 2.66. The summed E-state index contributed by atoms with van der Waals surface area (Å²) >= 11 is 0. The summed E-state index contributed by atoms with van der Waals surface area (Å²) in [7, 11) is 0. The molecule has 2 aromatic rings. The molecule has 0 amide bonds. The van der Waals surface area contributed by atoms with Gasteiger partial charge in [0.25, 0.3) is 0 Å². The highest BCUT2D eigenvalue weighted by atomic mass is 16.1. The highest BCUT2D eigenvalue weighted by molar-refractivity contribution is 5.36. The molecule has 4 heteroatoms. The van der Waals surface area contributed by atoms with Crippen molar-refractivity contribution in [1.82, 2.24) is 14.8 Å². The van der Waals surface area contributed by atoms with Gasteiger partial charge in [-0.2, -0.15) is 5.10 Å². The number of H-pyrrole nitrogens is 1. The first-order valence-corrected chi connectivity index (χ1v) is 5.34. The Kier molecular flexibility index (Phi) is 2.64. The molecule has 16 heavy (non-hydrogen) atoms. The Balaban J connectivity index is 2.46. The molecule has 0 spiro atoms. The lowest BCUT2D eigenvalue weighted by atomic mass is 10.0. The van der Waals surface area contributed by atoms with Crippen LogP contribution < -0.4 is 5.69 Å². The molecule has 0 fully saturated rings. The minimum Gasteiger partial charge on any atom is -0.247 e. The Bertz CT molecular complexity index is 534. The van der Waals surface area contributed by atoms with Gasteiger partial charge < -0.3 is 0 Å². The molecule has 0 saturated carbocycles. The summed E-state index contributed by atoms with van der Waals surface area (Å²) in [6.07, 6.45) is 0. The van der Waals surface area contributed by atoms with Crippen LogP contribution in [0.3, 0.4) is 0 Å². The smallest absolute Gasteiger partial charge is 0.247 e. The molecule has 84 valence electrons. The maximum Gasteiger partial charge on any atom is 0.347 e. The molecule has 0 aliphatic rings. The Morgan fingerprint density at radius 2 is 1.88 bits per heavy atom. The van der Waals surface area contributed by atoms with Gasteiger partial charge in [0, 0.05) is 0 Å². The summed E-state index contributed by atoms with van der Waals surface area (Å²) in [4.78, 5) is 11.5. The molecule has 2 rings (SSSR count). The lowest BCUT2D eigenvalue weighted by Crippen LogP contribution is -2.15. The van der Waals surface area contributed by atoms with Gasteiger partial charge >= 0.3 is 5.69 Å². The molecule has 0 aliphatic carbocycles. The van der Waals surface area contributed by atoms with E-state index in [1.165, 1.54) is 5.56 Å². The van der Waals surface area contributed by atoms with Crippen molar-refractivity contribution in [3.8, 4) is 5.69 Å². The van der Waals surface area contributed by atoms with E-state index in [9.17, 15) is 4.79 Å². The first-order chi connectivity index (χ1) is 7.59. The van der Waals surface area contributed by atoms with Crippen molar-refractivity contribution in [1.29, 1.82) is 0 Å². The van der Waals surface area contributed by atoms with Gasteiger partial charge in [0.15, 0.2) is 0 Å². The Labute approximate surface area is 93.9 Å². The second-order valence-electron chi connectivity index (χ2n) is 4.16. The fourth-order valence-electron chi connectivity index (χ4n) is 1.69. The monoisotopic (exact) mass is 217 g/mol. The van der Waals surface area contributed by atoms with E-state index in [0.717, 1.165) is 5.69 Å². The van der Waals surface area contributed by atoms with E-state index in [4.69, 9.17) is 0 Å². The van der Waals surface area contributed by atoms with Crippen molar-refractivity contribution in [2.45, 2.75) is 26.7 Å². The molecule has 1 N–H and O–H groups in total. The fourth-order valence-corrected chi connectivity index (χ4v) is 1.69. The molecule has 1 aromatic heterocycles. The van der Waals surface area contributed by atoms with Gasteiger partial charge in [-0.3, -0.25) is 0 Å². The zero-order valence-corrected chi connectivity index (χ0v) is 9.69. The lowest BCUT2D eigenvalue weighted by Gasteiger charge is -2.07. The number of hydrogen-bond acceptors (Lipinski definition) is 2. The topological polar surface area (TPSA) is 50.7 Å². The van der Waals surface area contributed by atoms with Crippen LogP contribution in [0.5, 0.6) is 0 Å². The number of aryl methyl sites for hydroxylation is 1. The molecule has 1 heterocycles. The number of aromatic nitrogens is 3. The summed E-state index contributed by atoms with van der Waals surface area (Å²) in [5.41, 5.74) is 1.91. The highest BCUT2D eigenvalue weighted by Crippen LogP contribution is 2.16. The van der Waals surface area contributed by atoms with Gasteiger partial charge in [-0.25, -0.2) is 14.5 Å². The van der Waals surface area contributed by atoms with E-state index >= 15 is 0 Å². The number of nitrogens with zero attached hydrogens (tertiary/aromatic N) is 2. The minimum absolute atomic E-state index is 0.199. The molecular formula is C12H15N3O. The van der Waals surface area contributed by atoms with Gasteiger partial charge in [0.05, 0.1) is 5.69 Å². The van der Waals surface area contributed by atoms with E-state index in [2.05, 4.69) is 24.0 Å². The van der Waals surface area contributed by atoms with Crippen LogP contribution >= 0.6 is 0 Å². The van der Waals surface area contributed by atoms with Crippen LogP contribution in [0.15, 0.2) is 29.1 Å². The Morgan fingerprint density at radius 1 is 1.25 bits per heavy atom. The molecule has 0 atom stereocenters. The first-order valence-electron chi connectivity index (χ1n) is 5.34. The highest BCUT2D eigenvalue weighted by Gasteiger charge is 2.06. The summed E-state index contributed by atoms with van der Waals surface area (Å²) in [6.45, 7) is 6.09. The maximum atomic E-state index is 11.5. The van der Waals surface area contributed by atoms with Crippen molar-refractivity contribution in [3.05, 3.63) is 46.1 Å². The van der Waals surface area contributed by atoms with Crippen LogP contribution in [0.1, 0.15) is 31.2 Å². The SMILES string of the molecule is Cc1n[nH]c(=O)n1-c1ccc(C(C)C)cc1. The van der Waals surface area contributed by atoms with Crippen molar-refractivity contribution in [2.24, 2.45) is 0 Å². The number of aromatic amines is 1. The molecular weight excluding hydrogens is 202 g/mol. The second kappa shape index (κ2) is 3.96. The third-order valence-corrected chi connectivity index (χ3v) is 2.66. The number of benzene rings is 1. The maximum absolute atomic E-state index is 11.5. The molecule has 0 aliphatic heterocycles. The second-order valence-corrected chi connectivity index (χ2v) is 4.16. The van der Waals surface area contributed by atoms with Gasteiger partial charge in [0.1, 0.15) is 5.82 Å². The Morgan fingerprint density at radius 3 is 2.31 bits per heavy atom. The standard InChI is InChI=1S/C12H15N3O/c1-8(2)10-4-6-11(7-5-10)15-9(3)13-14-12(15)16/h4-8H,1-3H3,(H,14,16). The Hall–Kier alpha value is -1.84. The predicted octanol–water partition coefficient (Wildman–Crippen LogP) is 1.99. The molecule has 0 saturated heterocycles. The average molecular weight is 217 g/mol. The van der Waals surface area contributed by atoms with Gasteiger partial charge in [-0.1, -0.05) is 26.0 Å². The van der Waals surface area contributed by atoms with Crippen molar-refractivity contribution in [2.75, 3.05) is 0 Å². The van der Waals surface area contributed by atoms with Crippen molar-refractivity contribution in [3.63, 3.8) is 0 Å². The van der Waals surface area contributed by atoms with Gasteiger partial charge in [0.2, 0.25) is 0 Å². The number of nitrogens with one attached hydrogen (secondary N) is 1. The summed E-state index contributed by atoms with van der Waals surface area (Å²) in [5.74, 6) is 1.17. The van der Waals surface area contributed by atoms with Crippen LogP contribution in [0.25, 0.3) is 5.69 Å². The zero-order chi connectivity index (χ0) is 11.7. The average Bonchev–Trinajstić information content (AvgIpc) is 2.59. The quantitative estimate of drug-likeness (QED) is 0.836. The predicted molar refractivity (Wildman–Crippen MR) is 63.0 cm³/mol. The van der Waals surface area contributed by atoms with E-state index in [-0.39, 0.29) is 5.69 Å². The summed E-state index contributed by atoms with van der Waals surface area (Å²) in [5, 5.41) is 6.31. The van der Waals surface area contributed by atoms with E-state index in [1.807, 2.05) is 24.3 Å². The van der Waals surface area contributed by atoms with Gasteiger partial charge in [-0.15, -0.1) is 0 Å². The molecule has 4 nitrogen and oxygen atoms in total. The third kappa shape index (κ3) is 1.78. The van der Waals surface area contributed by atoms with Crippen LogP contribution in [-0.2, 0) is 0 Å². The van der Waals surface area contributed by atoms with Crippen LogP contribution in [0.2, 0.25) is 0 Å². The van der Waals surface area contributed by atoms with E-state index in [1.54, 1.807) is 11.5 Å². The van der Waals surface area contributed by atoms with Gasteiger partial charge in [-0.05, 0) is 30.5 Å². The number of hydrogen-bond donors (Lipinski definition) is 1. The summed E-state index contributed by atoms with van der Waals surface area (Å²) in [6, 6.07) is 7.97. The molecule has 1 aromatic carbocycles. The first kappa shape index (κ1) is 10.7. The largest absolute Gasteiger partial charge is 0.347 e. The molecule has 0 unspecified atom stereocenters. The molecule has 0 radical (unpaired) electrons. The fraction of sp³-hybridized carbons (Fsp3) is 0.333. The van der Waals surface area contributed by atoms with Crippen LogP contribution in [0.4, 0.5) is 0 Å². The minimum atomic E-state index is -0.199. The van der Waals surface area contributed by atoms with E-state index < -0.39 is 0 Å². The van der Waals surface area contributed by atoms with Crippen molar-refractivity contribution >= 4 is 0 Å². The van der Waals surface area contributed by atoms with Crippen molar-refractivity contribution < 1.29 is 0 Å². The summed E-state index contributed by atoms with van der Waals surface area (Å²) < 4.78 is 1.56. The van der Waals surface area contributed by atoms with Crippen LogP contribution in [-0.4, -0.2) is 14.8 Å². The zero-order valence-electron chi connectivity index (χ0n) is 9.69. The normalized spacial score (nSPS) is 11.0. The lowest BCUT2D eigenvalue weighted by molar-refractivity contribution is 0.862. The number of rotatable bonds is 2. The van der Waals surface area contributed by atoms with E-state index in [0.29, 0.717) is 11.7 Å². The van der Waals surface area contributed by atoms with Crippen LogP contribution in [0, 0.1) is 6.92 Å².